The van der Waals surface area contributed by atoms with E-state index in [4.69, 9.17) is 21.1 Å². The van der Waals surface area contributed by atoms with E-state index in [0.29, 0.717) is 28.4 Å². The van der Waals surface area contributed by atoms with Crippen LogP contribution in [0.4, 0.5) is 11.4 Å². The molecule has 0 heterocycles. The minimum atomic E-state index is -1.18. The molecule has 0 aliphatic heterocycles. The summed E-state index contributed by atoms with van der Waals surface area (Å²) in [6.07, 6.45) is 0. The van der Waals surface area contributed by atoms with Crippen molar-refractivity contribution in [3.8, 4) is 11.5 Å². The SMILES string of the molecule is COc1ccc(C(=O)Nc2cccc(SC(C)C(=O)Nc3ccc(Cl)c(C(=O)O)c3)c2)cc1OC. The summed E-state index contributed by atoms with van der Waals surface area (Å²) in [5, 5.41) is 14.3. The smallest absolute Gasteiger partial charge is 0.337 e. The second-order valence-electron chi connectivity index (χ2n) is 7.30. The average Bonchev–Trinajstić information content (AvgIpc) is 2.84. The van der Waals surface area contributed by atoms with Crippen molar-refractivity contribution in [3.63, 3.8) is 0 Å². The Balaban J connectivity index is 1.65. The Hall–Kier alpha value is -3.69. The number of anilines is 2. The van der Waals surface area contributed by atoms with Crippen LogP contribution in [0.1, 0.15) is 27.6 Å². The van der Waals surface area contributed by atoms with E-state index in [9.17, 15) is 19.5 Å². The average molecular weight is 515 g/mol. The lowest BCUT2D eigenvalue weighted by molar-refractivity contribution is -0.115. The van der Waals surface area contributed by atoms with Crippen molar-refractivity contribution < 1.29 is 29.0 Å². The molecule has 3 rings (SSSR count). The van der Waals surface area contributed by atoms with Crippen LogP contribution in [0.2, 0.25) is 5.02 Å². The first-order valence-corrected chi connectivity index (χ1v) is 11.6. The molecule has 2 amide bonds. The molecule has 0 radical (unpaired) electrons. The highest BCUT2D eigenvalue weighted by molar-refractivity contribution is 8.00. The zero-order valence-corrected chi connectivity index (χ0v) is 20.7. The van der Waals surface area contributed by atoms with E-state index < -0.39 is 11.2 Å². The number of carbonyl (C=O) groups excluding carboxylic acids is 2. The lowest BCUT2D eigenvalue weighted by atomic mass is 10.2. The number of carbonyl (C=O) groups is 3. The molecule has 0 saturated carbocycles. The molecular weight excluding hydrogens is 492 g/mol. The number of rotatable bonds is 9. The van der Waals surface area contributed by atoms with Gasteiger partial charge in [-0.15, -0.1) is 11.8 Å². The van der Waals surface area contributed by atoms with Crippen LogP contribution in [0, 0.1) is 0 Å². The largest absolute Gasteiger partial charge is 0.493 e. The Morgan fingerprint density at radius 1 is 0.914 bits per heavy atom. The lowest BCUT2D eigenvalue weighted by Crippen LogP contribution is -2.22. The molecule has 8 nitrogen and oxygen atoms in total. The fraction of sp³-hybridized carbons (Fsp3) is 0.160. The number of hydrogen-bond acceptors (Lipinski definition) is 6. The zero-order valence-electron chi connectivity index (χ0n) is 19.1. The Labute approximate surface area is 211 Å². The number of carboxylic acids is 1. The minimum absolute atomic E-state index is 0.0878. The van der Waals surface area contributed by atoms with E-state index in [2.05, 4.69) is 10.6 Å². The number of methoxy groups -OCH3 is 2. The van der Waals surface area contributed by atoms with Crippen LogP contribution >= 0.6 is 23.4 Å². The Bertz CT molecular complexity index is 1270. The van der Waals surface area contributed by atoms with E-state index in [-0.39, 0.29) is 22.4 Å². The van der Waals surface area contributed by atoms with Gasteiger partial charge in [-0.2, -0.15) is 0 Å². The van der Waals surface area contributed by atoms with E-state index in [0.717, 1.165) is 4.90 Å². The molecule has 182 valence electrons. The number of aromatic carboxylic acids is 1. The quantitative estimate of drug-likeness (QED) is 0.326. The number of halogens is 1. The molecule has 10 heteroatoms. The summed E-state index contributed by atoms with van der Waals surface area (Å²) in [5.74, 6) is -0.849. The molecule has 3 N–H and O–H groups in total. The van der Waals surface area contributed by atoms with E-state index in [1.165, 1.54) is 44.2 Å². The van der Waals surface area contributed by atoms with Crippen molar-refractivity contribution in [3.05, 3.63) is 76.8 Å². The predicted molar refractivity (Wildman–Crippen MR) is 136 cm³/mol. The van der Waals surface area contributed by atoms with Gasteiger partial charge in [-0.25, -0.2) is 4.79 Å². The van der Waals surface area contributed by atoms with E-state index >= 15 is 0 Å². The van der Waals surface area contributed by atoms with Crippen molar-refractivity contribution in [1.82, 2.24) is 0 Å². The molecule has 0 bridgehead atoms. The lowest BCUT2D eigenvalue weighted by Gasteiger charge is -2.14. The second kappa shape index (κ2) is 11.6. The highest BCUT2D eigenvalue weighted by Gasteiger charge is 2.17. The third-order valence-corrected chi connectivity index (χ3v) is 6.31. The second-order valence-corrected chi connectivity index (χ2v) is 9.12. The summed E-state index contributed by atoms with van der Waals surface area (Å²) < 4.78 is 10.4. The van der Waals surface area contributed by atoms with Gasteiger partial charge in [-0.3, -0.25) is 9.59 Å². The van der Waals surface area contributed by atoms with Crippen LogP contribution in [-0.2, 0) is 4.79 Å². The summed E-state index contributed by atoms with van der Waals surface area (Å²) >= 11 is 7.17. The summed E-state index contributed by atoms with van der Waals surface area (Å²) in [6.45, 7) is 1.73. The van der Waals surface area contributed by atoms with Gasteiger partial charge in [0.2, 0.25) is 5.91 Å². The van der Waals surface area contributed by atoms with Crippen LogP contribution in [0.15, 0.2) is 65.6 Å². The number of benzene rings is 3. The monoisotopic (exact) mass is 514 g/mol. The van der Waals surface area contributed by atoms with Crippen LogP contribution in [-0.4, -0.2) is 42.4 Å². The van der Waals surface area contributed by atoms with Gasteiger partial charge in [-0.05, 0) is 61.5 Å². The van der Waals surface area contributed by atoms with Crippen LogP contribution in [0.5, 0.6) is 11.5 Å². The van der Waals surface area contributed by atoms with Crippen LogP contribution in [0.25, 0.3) is 0 Å². The van der Waals surface area contributed by atoms with Gasteiger partial charge in [0, 0.05) is 21.8 Å². The highest BCUT2D eigenvalue weighted by Crippen LogP contribution is 2.29. The van der Waals surface area contributed by atoms with Crippen molar-refractivity contribution in [2.24, 2.45) is 0 Å². The van der Waals surface area contributed by atoms with Crippen molar-refractivity contribution in [2.75, 3.05) is 24.9 Å². The summed E-state index contributed by atoms with van der Waals surface area (Å²) in [6, 6.07) is 16.2. The molecule has 0 aromatic heterocycles. The molecule has 3 aromatic rings. The molecule has 1 atom stereocenters. The maximum absolute atomic E-state index is 12.7. The number of amides is 2. The minimum Gasteiger partial charge on any atom is -0.493 e. The first-order chi connectivity index (χ1) is 16.7. The fourth-order valence-electron chi connectivity index (χ4n) is 3.10. The van der Waals surface area contributed by atoms with Crippen LogP contribution in [0.3, 0.4) is 0 Å². The molecule has 1 unspecified atom stereocenters. The van der Waals surface area contributed by atoms with Gasteiger partial charge < -0.3 is 25.2 Å². The van der Waals surface area contributed by atoms with Gasteiger partial charge in [0.15, 0.2) is 11.5 Å². The molecule has 3 aromatic carbocycles. The van der Waals surface area contributed by atoms with E-state index in [1.807, 2.05) is 6.07 Å². The van der Waals surface area contributed by atoms with E-state index in [1.54, 1.807) is 43.3 Å². The highest BCUT2D eigenvalue weighted by atomic mass is 35.5. The molecule has 0 fully saturated rings. The standard InChI is InChI=1S/C25H23ClN2O6S/c1-14(23(29)27-17-8-9-20(26)19(13-17)25(31)32)35-18-6-4-5-16(12-18)28-24(30)15-7-10-21(33-2)22(11-15)34-3/h4-14H,1-3H3,(H,27,29)(H,28,30)(H,31,32). The molecule has 0 aliphatic rings. The normalized spacial score (nSPS) is 11.3. The third kappa shape index (κ3) is 6.68. The predicted octanol–water partition coefficient (Wildman–Crippen LogP) is 5.43. The maximum Gasteiger partial charge on any atom is 0.337 e. The van der Waals surface area contributed by atoms with Gasteiger partial charge >= 0.3 is 5.97 Å². The first-order valence-electron chi connectivity index (χ1n) is 10.4. The topological polar surface area (TPSA) is 114 Å². The Morgan fingerprint density at radius 3 is 2.31 bits per heavy atom. The van der Waals surface area contributed by atoms with Gasteiger partial charge in [0.05, 0.1) is 30.1 Å². The third-order valence-electron chi connectivity index (χ3n) is 4.88. The van der Waals surface area contributed by atoms with Crippen LogP contribution < -0.4 is 20.1 Å². The molecule has 35 heavy (non-hydrogen) atoms. The van der Waals surface area contributed by atoms with Gasteiger partial charge in [0.1, 0.15) is 0 Å². The number of nitrogens with one attached hydrogen (secondary N) is 2. The molecule has 0 saturated heterocycles. The van der Waals surface area contributed by atoms with Gasteiger partial charge in [0.25, 0.3) is 5.91 Å². The Morgan fingerprint density at radius 2 is 1.63 bits per heavy atom. The summed E-state index contributed by atoms with van der Waals surface area (Å²) in [4.78, 5) is 37.4. The molecule has 0 aliphatic carbocycles. The fourth-order valence-corrected chi connectivity index (χ4v) is 4.22. The summed E-state index contributed by atoms with van der Waals surface area (Å²) in [7, 11) is 3.01. The Kier molecular flexibility index (Phi) is 8.62. The molecule has 0 spiro atoms. The van der Waals surface area contributed by atoms with Crippen molar-refractivity contribution in [1.29, 1.82) is 0 Å². The number of ether oxygens (including phenoxy) is 2. The maximum atomic E-state index is 12.7. The first kappa shape index (κ1) is 25.9. The van der Waals surface area contributed by atoms with Crippen molar-refractivity contribution >= 4 is 52.5 Å². The molecular formula is C25H23ClN2O6S. The number of carboxylic acid groups (broad SMARTS) is 1. The number of hydrogen-bond donors (Lipinski definition) is 3. The van der Waals surface area contributed by atoms with Gasteiger partial charge in [-0.1, -0.05) is 17.7 Å². The number of thioether (sulfide) groups is 1. The zero-order chi connectivity index (χ0) is 25.5. The van der Waals surface area contributed by atoms with Crippen molar-refractivity contribution in [2.45, 2.75) is 17.1 Å². The summed E-state index contributed by atoms with van der Waals surface area (Å²) in [5.41, 5.74) is 1.20.